The van der Waals surface area contributed by atoms with Gasteiger partial charge in [0.1, 0.15) is 5.75 Å². The number of primary sulfonamides is 1. The average molecular weight is 382 g/mol. The van der Waals surface area contributed by atoms with Gasteiger partial charge in [-0.3, -0.25) is 0 Å². The molecule has 0 aliphatic rings. The molecule has 0 amide bonds. The highest BCUT2D eigenvalue weighted by molar-refractivity contribution is 7.89. The molecule has 0 saturated heterocycles. The Labute approximate surface area is 147 Å². The van der Waals surface area contributed by atoms with E-state index in [1.165, 1.54) is 37.4 Å². The first-order chi connectivity index (χ1) is 12.1. The summed E-state index contributed by atoms with van der Waals surface area (Å²) in [7, 11) is -2.49. The Morgan fingerprint density at radius 3 is 2.23 bits per heavy atom. The molecule has 0 atom stereocenters. The van der Waals surface area contributed by atoms with Crippen molar-refractivity contribution in [1.82, 2.24) is 4.98 Å². The van der Waals surface area contributed by atoms with Gasteiger partial charge in [-0.15, -0.1) is 0 Å². The van der Waals surface area contributed by atoms with Crippen LogP contribution in [0.3, 0.4) is 0 Å². The van der Waals surface area contributed by atoms with Crippen molar-refractivity contribution in [2.24, 2.45) is 5.14 Å². The normalized spacial score (nSPS) is 12.3. The zero-order valence-electron chi connectivity index (χ0n) is 13.4. The summed E-state index contributed by atoms with van der Waals surface area (Å²) < 4.78 is 66.5. The third-order valence-corrected chi connectivity index (χ3v) is 4.71. The van der Waals surface area contributed by atoms with E-state index in [1.807, 2.05) is 0 Å². The van der Waals surface area contributed by atoms with E-state index in [1.54, 1.807) is 6.07 Å². The SMILES string of the molecule is COc1cc(-c2ccc(C(F)(F)F)cc2)nc2cc(S(N)(=O)=O)ccc12. The first-order valence-corrected chi connectivity index (χ1v) is 8.83. The molecule has 0 aliphatic carbocycles. The number of nitrogens with two attached hydrogens (primary N) is 1. The van der Waals surface area contributed by atoms with Crippen LogP contribution in [0.25, 0.3) is 22.2 Å². The van der Waals surface area contributed by atoms with Gasteiger partial charge in [0.2, 0.25) is 10.0 Å². The molecule has 1 aromatic heterocycles. The monoisotopic (exact) mass is 382 g/mol. The van der Waals surface area contributed by atoms with E-state index in [0.29, 0.717) is 27.9 Å². The van der Waals surface area contributed by atoms with Crippen LogP contribution in [0.15, 0.2) is 53.4 Å². The minimum absolute atomic E-state index is 0.121. The molecule has 0 fully saturated rings. The third-order valence-electron chi connectivity index (χ3n) is 3.80. The number of benzene rings is 2. The lowest BCUT2D eigenvalue weighted by Crippen LogP contribution is -2.12. The first kappa shape index (κ1) is 18.2. The second kappa shape index (κ2) is 6.26. The van der Waals surface area contributed by atoms with Crippen LogP contribution in [0.1, 0.15) is 5.56 Å². The summed E-state index contributed by atoms with van der Waals surface area (Å²) in [6.07, 6.45) is -4.43. The van der Waals surface area contributed by atoms with Crippen molar-refractivity contribution in [3.8, 4) is 17.0 Å². The number of fused-ring (bicyclic) bond motifs is 1. The molecule has 3 aromatic rings. The molecule has 0 unspecified atom stereocenters. The van der Waals surface area contributed by atoms with E-state index in [2.05, 4.69) is 4.98 Å². The molecule has 0 saturated carbocycles. The lowest BCUT2D eigenvalue weighted by atomic mass is 10.1. The van der Waals surface area contributed by atoms with Crippen LogP contribution < -0.4 is 9.88 Å². The van der Waals surface area contributed by atoms with Gasteiger partial charge < -0.3 is 4.74 Å². The van der Waals surface area contributed by atoms with Crippen molar-refractivity contribution in [3.63, 3.8) is 0 Å². The highest BCUT2D eigenvalue weighted by Crippen LogP contribution is 2.33. The lowest BCUT2D eigenvalue weighted by Gasteiger charge is -2.11. The molecule has 136 valence electrons. The summed E-state index contributed by atoms with van der Waals surface area (Å²) >= 11 is 0. The standard InChI is InChI=1S/C17H13F3N2O3S/c1-25-16-9-14(10-2-4-11(5-3-10)17(18,19)20)22-15-8-12(26(21,23)24)6-7-13(15)16/h2-9H,1H3,(H2,21,23,24). The molecular weight excluding hydrogens is 369 g/mol. The van der Waals surface area contributed by atoms with E-state index >= 15 is 0 Å². The van der Waals surface area contributed by atoms with E-state index < -0.39 is 21.8 Å². The van der Waals surface area contributed by atoms with E-state index in [9.17, 15) is 21.6 Å². The van der Waals surface area contributed by atoms with Crippen LogP contribution in [0.5, 0.6) is 5.75 Å². The lowest BCUT2D eigenvalue weighted by molar-refractivity contribution is -0.137. The van der Waals surface area contributed by atoms with Gasteiger partial charge in [-0.05, 0) is 30.3 Å². The van der Waals surface area contributed by atoms with E-state index in [-0.39, 0.29) is 4.90 Å². The van der Waals surface area contributed by atoms with Crippen molar-refractivity contribution in [1.29, 1.82) is 0 Å². The molecule has 0 bridgehead atoms. The highest BCUT2D eigenvalue weighted by Gasteiger charge is 2.30. The fourth-order valence-electron chi connectivity index (χ4n) is 2.50. The van der Waals surface area contributed by atoms with Crippen LogP contribution in [0, 0.1) is 0 Å². The minimum Gasteiger partial charge on any atom is -0.496 e. The highest BCUT2D eigenvalue weighted by atomic mass is 32.2. The van der Waals surface area contributed by atoms with E-state index in [0.717, 1.165) is 12.1 Å². The predicted octanol–water partition coefficient (Wildman–Crippen LogP) is 3.58. The summed E-state index contributed by atoms with van der Waals surface area (Å²) in [6, 6.07) is 10.2. The first-order valence-electron chi connectivity index (χ1n) is 7.29. The Hall–Kier alpha value is -2.65. The average Bonchev–Trinajstić information content (AvgIpc) is 2.58. The van der Waals surface area contributed by atoms with Crippen LogP contribution in [0.4, 0.5) is 13.2 Å². The molecule has 9 heteroatoms. The number of halogens is 3. The molecule has 0 radical (unpaired) electrons. The second-order valence-corrected chi connectivity index (χ2v) is 7.07. The summed E-state index contributed by atoms with van der Waals surface area (Å²) in [6.45, 7) is 0. The zero-order chi connectivity index (χ0) is 19.1. The fourth-order valence-corrected chi connectivity index (χ4v) is 3.03. The van der Waals surface area contributed by atoms with Gasteiger partial charge in [-0.25, -0.2) is 18.5 Å². The molecular formula is C17H13F3N2O3S. The smallest absolute Gasteiger partial charge is 0.416 e. The molecule has 3 rings (SSSR count). The number of rotatable bonds is 3. The Morgan fingerprint density at radius 2 is 1.69 bits per heavy atom. The number of ether oxygens (including phenoxy) is 1. The topological polar surface area (TPSA) is 82.3 Å². The van der Waals surface area contributed by atoms with Crippen molar-refractivity contribution in [2.45, 2.75) is 11.1 Å². The maximum atomic E-state index is 12.7. The summed E-state index contributed by atoms with van der Waals surface area (Å²) in [5.41, 5.74) is 0.296. The van der Waals surface area contributed by atoms with Crippen molar-refractivity contribution in [3.05, 3.63) is 54.1 Å². The second-order valence-electron chi connectivity index (χ2n) is 5.51. The quantitative estimate of drug-likeness (QED) is 0.751. The number of hydrogen-bond donors (Lipinski definition) is 1. The molecule has 26 heavy (non-hydrogen) atoms. The number of methoxy groups -OCH3 is 1. The Balaban J connectivity index is 2.17. The van der Waals surface area contributed by atoms with Gasteiger partial charge in [-0.1, -0.05) is 12.1 Å². The molecule has 1 heterocycles. The molecule has 5 nitrogen and oxygen atoms in total. The van der Waals surface area contributed by atoms with Crippen molar-refractivity contribution < 1.29 is 26.3 Å². The van der Waals surface area contributed by atoms with E-state index in [4.69, 9.17) is 9.88 Å². The van der Waals surface area contributed by atoms with Crippen LogP contribution >= 0.6 is 0 Å². The Morgan fingerprint density at radius 1 is 1.04 bits per heavy atom. The van der Waals surface area contributed by atoms with Gasteiger partial charge in [-0.2, -0.15) is 13.2 Å². The largest absolute Gasteiger partial charge is 0.496 e. The maximum absolute atomic E-state index is 12.7. The van der Waals surface area contributed by atoms with Gasteiger partial charge >= 0.3 is 6.18 Å². The predicted molar refractivity (Wildman–Crippen MR) is 90.1 cm³/mol. The summed E-state index contributed by atoms with van der Waals surface area (Å²) in [5, 5.41) is 5.68. The fraction of sp³-hybridized carbons (Fsp3) is 0.118. The summed E-state index contributed by atoms with van der Waals surface area (Å²) in [4.78, 5) is 4.22. The summed E-state index contributed by atoms with van der Waals surface area (Å²) in [5.74, 6) is 0.408. The maximum Gasteiger partial charge on any atom is 0.416 e. The molecule has 2 aromatic carbocycles. The van der Waals surface area contributed by atoms with Crippen LogP contribution in [-0.4, -0.2) is 20.5 Å². The van der Waals surface area contributed by atoms with Crippen molar-refractivity contribution >= 4 is 20.9 Å². The Kier molecular flexibility index (Phi) is 4.37. The van der Waals surface area contributed by atoms with Gasteiger partial charge in [0, 0.05) is 17.0 Å². The van der Waals surface area contributed by atoms with Crippen LogP contribution in [0.2, 0.25) is 0 Å². The number of aromatic nitrogens is 1. The van der Waals surface area contributed by atoms with Crippen LogP contribution in [-0.2, 0) is 16.2 Å². The Bertz CT molecular complexity index is 1080. The number of alkyl halides is 3. The number of sulfonamides is 1. The molecule has 0 spiro atoms. The molecule has 0 aliphatic heterocycles. The van der Waals surface area contributed by atoms with Gasteiger partial charge in [0.15, 0.2) is 0 Å². The zero-order valence-corrected chi connectivity index (χ0v) is 14.2. The number of pyridine rings is 1. The van der Waals surface area contributed by atoms with Gasteiger partial charge in [0.25, 0.3) is 0 Å². The number of hydrogen-bond acceptors (Lipinski definition) is 4. The third kappa shape index (κ3) is 3.49. The number of nitrogens with zero attached hydrogens (tertiary/aromatic N) is 1. The van der Waals surface area contributed by atoms with Gasteiger partial charge in [0.05, 0.1) is 28.8 Å². The minimum atomic E-state index is -4.43. The van der Waals surface area contributed by atoms with Crippen molar-refractivity contribution in [2.75, 3.05) is 7.11 Å². The molecule has 2 N–H and O–H groups in total.